The molecule has 8 nitrogen and oxygen atoms in total. The van der Waals surface area contributed by atoms with E-state index in [0.29, 0.717) is 11.4 Å². The Kier molecular flexibility index (Phi) is 5.82. The molecule has 0 heterocycles. The van der Waals surface area contributed by atoms with Crippen LogP contribution < -0.4 is 15.2 Å². The topological polar surface area (TPSA) is 128 Å². The van der Waals surface area contributed by atoms with Crippen molar-refractivity contribution in [3.63, 3.8) is 0 Å². The number of nitro benzene ring substituents is 1. The average Bonchev–Trinajstić information content (AvgIpc) is 2.48. The highest BCUT2D eigenvalue weighted by atomic mass is 16.6. The van der Waals surface area contributed by atoms with Crippen LogP contribution in [0.15, 0.2) is 36.4 Å². The van der Waals surface area contributed by atoms with Crippen LogP contribution in [0, 0.1) is 10.1 Å². The van der Waals surface area contributed by atoms with E-state index in [1.54, 1.807) is 12.1 Å². The number of hydrogen-bond donors (Lipinski definition) is 3. The van der Waals surface area contributed by atoms with Crippen molar-refractivity contribution in [1.82, 2.24) is 0 Å². The molecule has 4 N–H and O–H groups in total. The monoisotopic (exact) mass is 310 g/mol. The Morgan fingerprint density at radius 3 is 1.95 bits per heavy atom. The van der Waals surface area contributed by atoms with E-state index in [1.807, 2.05) is 0 Å². The Morgan fingerprint density at radius 2 is 1.55 bits per heavy atom. The predicted octanol–water partition coefficient (Wildman–Crippen LogP) is 2.54. The normalized spacial score (nSPS) is 9.36. The van der Waals surface area contributed by atoms with E-state index in [9.17, 15) is 10.1 Å². The zero-order chi connectivity index (χ0) is 16.7. The number of phenolic OH excluding ortho intramolecular Hbond substituents is 2. The number of nitro groups is 1. The van der Waals surface area contributed by atoms with Crippen LogP contribution in [0.2, 0.25) is 0 Å². The number of anilines is 1. The third-order valence-electron chi connectivity index (χ3n) is 2.58. The Hall–Kier alpha value is -3.16. The van der Waals surface area contributed by atoms with Crippen LogP contribution in [0.1, 0.15) is 1.43 Å². The molecule has 0 aliphatic rings. The minimum absolute atomic E-state index is 0. The molecule has 0 amide bonds. The van der Waals surface area contributed by atoms with Gasteiger partial charge in [-0.25, -0.2) is 0 Å². The SMILES string of the molecule is COc1ccc(N)cc1O.COc1ccc([N+](=O)[O-])cc1O.[HH]. The van der Waals surface area contributed by atoms with Gasteiger partial charge in [0.25, 0.3) is 5.69 Å². The lowest BCUT2D eigenvalue weighted by Crippen LogP contribution is -1.88. The minimum atomic E-state index is -0.584. The lowest BCUT2D eigenvalue weighted by molar-refractivity contribution is -0.385. The summed E-state index contributed by atoms with van der Waals surface area (Å²) in [7, 11) is 2.87. The maximum absolute atomic E-state index is 10.2. The van der Waals surface area contributed by atoms with Crippen LogP contribution in [0.4, 0.5) is 11.4 Å². The first-order chi connectivity index (χ1) is 10.4. The summed E-state index contributed by atoms with van der Waals surface area (Å²) in [6.45, 7) is 0. The van der Waals surface area contributed by atoms with Crippen molar-refractivity contribution in [2.24, 2.45) is 0 Å². The summed E-state index contributed by atoms with van der Waals surface area (Å²) in [5, 5.41) is 28.4. The molecule has 0 unspecified atom stereocenters. The van der Waals surface area contributed by atoms with Gasteiger partial charge in [-0.15, -0.1) is 0 Å². The maximum atomic E-state index is 10.2. The Morgan fingerprint density at radius 1 is 1.05 bits per heavy atom. The fourth-order valence-corrected chi connectivity index (χ4v) is 1.50. The second kappa shape index (κ2) is 7.58. The molecule has 2 aromatic rings. The molecule has 0 atom stereocenters. The first-order valence-electron chi connectivity index (χ1n) is 6.03. The summed E-state index contributed by atoms with van der Waals surface area (Å²) >= 11 is 0. The number of non-ortho nitro benzene ring substituents is 1. The molecule has 2 rings (SSSR count). The standard InChI is InChI=1S/C7H7NO4.C7H9NO2.H2/c1-12-7-3-2-5(8(10)11)4-6(7)9;1-10-7-3-2-5(8)4-6(7)9;/h2-4,9H,1H3;2-4,9H,8H2,1H3;1H. The highest BCUT2D eigenvalue weighted by Crippen LogP contribution is 2.29. The van der Waals surface area contributed by atoms with Gasteiger partial charge in [0.15, 0.2) is 23.0 Å². The van der Waals surface area contributed by atoms with Gasteiger partial charge in [0, 0.05) is 19.2 Å². The third-order valence-corrected chi connectivity index (χ3v) is 2.58. The number of aromatic hydroxyl groups is 2. The van der Waals surface area contributed by atoms with E-state index in [4.69, 9.17) is 25.4 Å². The molecule has 0 saturated heterocycles. The van der Waals surface area contributed by atoms with Gasteiger partial charge in [0.05, 0.1) is 25.2 Å². The number of hydrogen-bond acceptors (Lipinski definition) is 7. The van der Waals surface area contributed by atoms with Gasteiger partial charge in [-0.2, -0.15) is 0 Å². The third kappa shape index (κ3) is 4.44. The van der Waals surface area contributed by atoms with Crippen molar-refractivity contribution >= 4 is 11.4 Å². The zero-order valence-electron chi connectivity index (χ0n) is 12.0. The number of nitrogens with two attached hydrogens (primary N) is 1. The largest absolute Gasteiger partial charge is 0.504 e. The molecular formula is C14H18N2O6. The molecule has 0 radical (unpaired) electrons. The van der Waals surface area contributed by atoms with Crippen molar-refractivity contribution in [2.45, 2.75) is 0 Å². The smallest absolute Gasteiger partial charge is 0.273 e. The van der Waals surface area contributed by atoms with E-state index in [-0.39, 0.29) is 24.4 Å². The van der Waals surface area contributed by atoms with Crippen LogP contribution in [-0.2, 0) is 0 Å². The molecule has 0 fully saturated rings. The van der Waals surface area contributed by atoms with Gasteiger partial charge in [0.1, 0.15) is 0 Å². The Balaban J connectivity index is 0.000000409. The van der Waals surface area contributed by atoms with Crippen molar-refractivity contribution < 1.29 is 26.0 Å². The Bertz CT molecular complexity index is 666. The summed E-state index contributed by atoms with van der Waals surface area (Å²) in [6, 6.07) is 8.37. The highest BCUT2D eigenvalue weighted by Gasteiger charge is 2.09. The highest BCUT2D eigenvalue weighted by molar-refractivity contribution is 5.51. The first-order valence-corrected chi connectivity index (χ1v) is 6.03. The van der Waals surface area contributed by atoms with Crippen molar-refractivity contribution in [1.29, 1.82) is 0 Å². The van der Waals surface area contributed by atoms with Gasteiger partial charge in [0.2, 0.25) is 0 Å². The summed E-state index contributed by atoms with van der Waals surface area (Å²) in [4.78, 5) is 9.62. The van der Waals surface area contributed by atoms with Crippen LogP contribution in [-0.4, -0.2) is 29.4 Å². The van der Waals surface area contributed by atoms with E-state index >= 15 is 0 Å². The van der Waals surface area contributed by atoms with E-state index in [0.717, 1.165) is 6.07 Å². The molecule has 8 heteroatoms. The number of phenols is 2. The average molecular weight is 310 g/mol. The molecule has 120 valence electrons. The summed E-state index contributed by atoms with van der Waals surface area (Å²) < 4.78 is 9.50. The van der Waals surface area contributed by atoms with Gasteiger partial charge < -0.3 is 25.4 Å². The first kappa shape index (κ1) is 16.9. The summed E-state index contributed by atoms with van der Waals surface area (Å²) in [5.41, 5.74) is 5.73. The van der Waals surface area contributed by atoms with Crippen molar-refractivity contribution in [3.8, 4) is 23.0 Å². The van der Waals surface area contributed by atoms with Crippen molar-refractivity contribution in [2.75, 3.05) is 20.0 Å². The van der Waals surface area contributed by atoms with E-state index in [1.165, 1.54) is 32.4 Å². The molecule has 0 spiro atoms. The molecule has 0 aliphatic carbocycles. The van der Waals surface area contributed by atoms with E-state index in [2.05, 4.69) is 0 Å². The summed E-state index contributed by atoms with van der Waals surface area (Å²) in [5.74, 6) is 0.504. The number of nitrogen functional groups attached to an aromatic ring is 1. The lowest BCUT2D eigenvalue weighted by atomic mass is 10.3. The van der Waals surface area contributed by atoms with Gasteiger partial charge >= 0.3 is 0 Å². The predicted molar refractivity (Wildman–Crippen MR) is 82.5 cm³/mol. The number of ether oxygens (including phenoxy) is 2. The maximum Gasteiger partial charge on any atom is 0.273 e. The number of methoxy groups -OCH3 is 2. The molecular weight excluding hydrogens is 292 g/mol. The molecule has 0 aromatic heterocycles. The zero-order valence-corrected chi connectivity index (χ0v) is 12.0. The molecule has 0 saturated carbocycles. The van der Waals surface area contributed by atoms with Crippen LogP contribution >= 0.6 is 0 Å². The number of nitrogens with zero attached hydrogens (tertiary/aromatic N) is 1. The van der Waals surface area contributed by atoms with Gasteiger partial charge in [-0.3, -0.25) is 10.1 Å². The summed E-state index contributed by atoms with van der Waals surface area (Å²) in [6.07, 6.45) is 0. The number of rotatable bonds is 3. The van der Waals surface area contributed by atoms with Crippen molar-refractivity contribution in [3.05, 3.63) is 46.5 Å². The fraction of sp³-hybridized carbons (Fsp3) is 0.143. The molecule has 0 aliphatic heterocycles. The quantitative estimate of drug-likeness (QED) is 0.451. The van der Waals surface area contributed by atoms with Crippen LogP contribution in [0.25, 0.3) is 0 Å². The van der Waals surface area contributed by atoms with Crippen LogP contribution in [0.3, 0.4) is 0 Å². The Labute approximate surface area is 128 Å². The number of benzene rings is 2. The van der Waals surface area contributed by atoms with E-state index < -0.39 is 4.92 Å². The molecule has 2 aromatic carbocycles. The molecule has 0 bridgehead atoms. The fourth-order valence-electron chi connectivity index (χ4n) is 1.50. The molecule has 22 heavy (non-hydrogen) atoms. The second-order valence-electron chi connectivity index (χ2n) is 4.04. The lowest BCUT2D eigenvalue weighted by Gasteiger charge is -2.01. The second-order valence-corrected chi connectivity index (χ2v) is 4.04. The van der Waals surface area contributed by atoms with Crippen LogP contribution in [0.5, 0.6) is 23.0 Å². The van der Waals surface area contributed by atoms with Gasteiger partial charge in [-0.05, 0) is 18.2 Å². The minimum Gasteiger partial charge on any atom is -0.504 e. The van der Waals surface area contributed by atoms with Gasteiger partial charge in [-0.1, -0.05) is 0 Å².